The first-order chi connectivity index (χ1) is 16.4. The van der Waals surface area contributed by atoms with Crippen molar-refractivity contribution in [1.29, 1.82) is 0 Å². The third-order valence-electron chi connectivity index (χ3n) is 6.20. The summed E-state index contributed by atoms with van der Waals surface area (Å²) in [6, 6.07) is 11.1. The minimum Gasteiger partial charge on any atom is -0.341 e. The molecule has 1 aromatic heterocycles. The average Bonchev–Trinajstić information content (AvgIpc) is 3.50. The van der Waals surface area contributed by atoms with Crippen LogP contribution in [0, 0.1) is 12.7 Å². The molecule has 2 heterocycles. The summed E-state index contributed by atoms with van der Waals surface area (Å²) in [5.74, 6) is -0.581. The maximum absolute atomic E-state index is 15.9. The molecule has 0 radical (unpaired) electrons. The molecule has 0 saturated carbocycles. The Labute approximate surface area is 197 Å². The summed E-state index contributed by atoms with van der Waals surface area (Å²) in [5.41, 5.74) is 1.92. The molecule has 1 aliphatic heterocycles. The highest BCUT2D eigenvalue weighted by molar-refractivity contribution is 5.93. The van der Waals surface area contributed by atoms with Crippen LogP contribution in [0.5, 0.6) is 0 Å². The van der Waals surface area contributed by atoms with Crippen LogP contribution in [0.1, 0.15) is 55.6 Å². The first-order valence-electron chi connectivity index (χ1n) is 11.5. The van der Waals surface area contributed by atoms with Gasteiger partial charge in [-0.1, -0.05) is 56.3 Å². The van der Waals surface area contributed by atoms with E-state index in [9.17, 15) is 9.59 Å². The number of nitrogens with one attached hydrogen (secondary N) is 2. The topological polar surface area (TPSA) is 102 Å². The molecule has 1 amide bonds. The third-order valence-corrected chi connectivity index (χ3v) is 6.20. The first kappa shape index (κ1) is 23.7. The number of carbonyl (C=O) groups is 2. The molecular formula is C25H29FN6O2. The smallest absolute Gasteiger partial charge is 0.237 e. The van der Waals surface area contributed by atoms with Crippen molar-refractivity contribution in [3.05, 3.63) is 65.2 Å². The van der Waals surface area contributed by atoms with E-state index in [0.717, 1.165) is 13.0 Å². The third kappa shape index (κ3) is 4.89. The van der Waals surface area contributed by atoms with Gasteiger partial charge in [0.05, 0.1) is 6.04 Å². The molecule has 0 bridgehead atoms. The van der Waals surface area contributed by atoms with Gasteiger partial charge < -0.3 is 10.6 Å². The number of ketones is 1. The summed E-state index contributed by atoms with van der Waals surface area (Å²) in [4.78, 5) is 26.6. The molecule has 178 valence electrons. The molecule has 2 unspecified atom stereocenters. The Hall–Kier alpha value is -3.46. The van der Waals surface area contributed by atoms with Gasteiger partial charge in [0.25, 0.3) is 0 Å². The van der Waals surface area contributed by atoms with Crippen LogP contribution in [-0.4, -0.2) is 44.5 Å². The van der Waals surface area contributed by atoms with Crippen molar-refractivity contribution < 1.29 is 14.0 Å². The van der Waals surface area contributed by atoms with Gasteiger partial charge in [0, 0.05) is 5.56 Å². The number of hydrogen-bond acceptors (Lipinski definition) is 6. The summed E-state index contributed by atoms with van der Waals surface area (Å²) in [7, 11) is 0. The SMILES string of the molecule is Cc1nnnn1CC(=O)C(NC(=O)C1CCCN1)c1ccc(C(C)C)c(F)c1-c1ccccc1. The van der Waals surface area contributed by atoms with Gasteiger partial charge in [0.1, 0.15) is 24.2 Å². The number of aromatic nitrogens is 4. The van der Waals surface area contributed by atoms with E-state index in [1.807, 2.05) is 32.0 Å². The maximum atomic E-state index is 15.9. The van der Waals surface area contributed by atoms with E-state index in [0.29, 0.717) is 34.5 Å². The number of nitrogens with zero attached hydrogens (tertiary/aromatic N) is 4. The highest BCUT2D eigenvalue weighted by atomic mass is 19.1. The van der Waals surface area contributed by atoms with E-state index in [4.69, 9.17) is 0 Å². The fraction of sp³-hybridized carbons (Fsp3) is 0.400. The van der Waals surface area contributed by atoms with Gasteiger partial charge in [-0.3, -0.25) is 9.59 Å². The lowest BCUT2D eigenvalue weighted by Gasteiger charge is -2.24. The van der Waals surface area contributed by atoms with E-state index in [1.54, 1.807) is 31.2 Å². The number of amides is 1. The second-order valence-electron chi connectivity index (χ2n) is 8.89. The number of tetrazole rings is 1. The molecule has 34 heavy (non-hydrogen) atoms. The lowest BCUT2D eigenvalue weighted by atomic mass is 9.88. The Balaban J connectivity index is 1.81. The molecule has 4 rings (SSSR count). The van der Waals surface area contributed by atoms with E-state index >= 15 is 4.39 Å². The van der Waals surface area contributed by atoms with Gasteiger partial charge in [-0.25, -0.2) is 9.07 Å². The number of halogens is 1. The van der Waals surface area contributed by atoms with Crippen molar-refractivity contribution in [1.82, 2.24) is 30.8 Å². The van der Waals surface area contributed by atoms with Gasteiger partial charge in [-0.05, 0) is 59.3 Å². The first-order valence-corrected chi connectivity index (χ1v) is 11.5. The largest absolute Gasteiger partial charge is 0.341 e. The van der Waals surface area contributed by atoms with Crippen LogP contribution in [0.3, 0.4) is 0 Å². The van der Waals surface area contributed by atoms with Crippen molar-refractivity contribution in [2.75, 3.05) is 6.54 Å². The lowest BCUT2D eigenvalue weighted by Crippen LogP contribution is -2.45. The second kappa shape index (κ2) is 10.2. The zero-order chi connectivity index (χ0) is 24.2. The van der Waals surface area contributed by atoms with Gasteiger partial charge in [-0.2, -0.15) is 0 Å². The summed E-state index contributed by atoms with van der Waals surface area (Å²) in [5, 5.41) is 17.3. The Bertz CT molecular complexity index is 1170. The van der Waals surface area contributed by atoms with Crippen LogP contribution in [0.4, 0.5) is 4.39 Å². The van der Waals surface area contributed by atoms with Crippen molar-refractivity contribution in [3.8, 4) is 11.1 Å². The minimum atomic E-state index is -1.07. The van der Waals surface area contributed by atoms with E-state index < -0.39 is 6.04 Å². The molecule has 1 aliphatic rings. The minimum absolute atomic E-state index is 0.0492. The Morgan fingerprint density at radius 2 is 1.91 bits per heavy atom. The lowest BCUT2D eigenvalue weighted by molar-refractivity contribution is -0.129. The van der Waals surface area contributed by atoms with Crippen molar-refractivity contribution in [3.63, 3.8) is 0 Å². The quantitative estimate of drug-likeness (QED) is 0.531. The average molecular weight is 465 g/mol. The van der Waals surface area contributed by atoms with Gasteiger partial charge >= 0.3 is 0 Å². The van der Waals surface area contributed by atoms with E-state index in [2.05, 4.69) is 26.2 Å². The zero-order valence-corrected chi connectivity index (χ0v) is 19.6. The van der Waals surface area contributed by atoms with E-state index in [1.165, 1.54) is 4.68 Å². The molecule has 3 aromatic rings. The van der Waals surface area contributed by atoms with Crippen LogP contribution < -0.4 is 10.6 Å². The van der Waals surface area contributed by atoms with Crippen LogP contribution in [-0.2, 0) is 16.1 Å². The Morgan fingerprint density at radius 1 is 1.18 bits per heavy atom. The molecule has 1 fully saturated rings. The maximum Gasteiger partial charge on any atom is 0.237 e. The fourth-order valence-corrected chi connectivity index (χ4v) is 4.31. The number of aryl methyl sites for hydroxylation is 1. The molecule has 2 atom stereocenters. The summed E-state index contributed by atoms with van der Waals surface area (Å²) < 4.78 is 17.3. The number of carbonyl (C=O) groups excluding carboxylic acids is 2. The van der Waals surface area contributed by atoms with Crippen LogP contribution >= 0.6 is 0 Å². The van der Waals surface area contributed by atoms with Crippen LogP contribution in [0.25, 0.3) is 11.1 Å². The van der Waals surface area contributed by atoms with Gasteiger partial charge in [0.15, 0.2) is 5.78 Å². The predicted octanol–water partition coefficient (Wildman–Crippen LogP) is 3.09. The number of benzene rings is 2. The molecule has 2 N–H and O–H groups in total. The summed E-state index contributed by atoms with van der Waals surface area (Å²) in [6.45, 7) is 6.13. The van der Waals surface area contributed by atoms with Crippen molar-refractivity contribution in [2.24, 2.45) is 0 Å². The number of rotatable bonds is 8. The van der Waals surface area contributed by atoms with E-state index in [-0.39, 0.29) is 36.0 Å². The van der Waals surface area contributed by atoms with Gasteiger partial charge in [0.2, 0.25) is 5.91 Å². The standard InChI is InChI=1S/C25H29FN6O2/c1-15(2)18-11-12-19(22(23(18)26)17-8-5-4-6-9-17)24(28-25(34)20-10-7-13-27-20)21(33)14-32-16(3)29-30-31-32/h4-6,8-9,11-12,15,20,24,27H,7,10,13-14H2,1-3H3,(H,28,34). The molecule has 2 aromatic carbocycles. The Kier molecular flexibility index (Phi) is 7.12. The zero-order valence-electron chi connectivity index (χ0n) is 19.6. The van der Waals surface area contributed by atoms with Crippen molar-refractivity contribution in [2.45, 2.75) is 58.2 Å². The Morgan fingerprint density at radius 3 is 2.53 bits per heavy atom. The molecule has 9 heteroatoms. The molecule has 8 nitrogen and oxygen atoms in total. The van der Waals surface area contributed by atoms with Crippen LogP contribution in [0.15, 0.2) is 42.5 Å². The molecule has 0 spiro atoms. The molecule has 1 saturated heterocycles. The second-order valence-corrected chi connectivity index (χ2v) is 8.89. The predicted molar refractivity (Wildman–Crippen MR) is 125 cm³/mol. The highest BCUT2D eigenvalue weighted by Crippen LogP contribution is 2.35. The summed E-state index contributed by atoms with van der Waals surface area (Å²) >= 11 is 0. The monoisotopic (exact) mass is 464 g/mol. The normalized spacial score (nSPS) is 16.6. The number of Topliss-reactive ketones (excluding diaryl/α,β-unsaturated/α-hetero) is 1. The van der Waals surface area contributed by atoms with Crippen molar-refractivity contribution >= 4 is 11.7 Å². The van der Waals surface area contributed by atoms with Crippen LogP contribution in [0.2, 0.25) is 0 Å². The molecular weight excluding hydrogens is 435 g/mol. The molecule has 0 aliphatic carbocycles. The highest BCUT2D eigenvalue weighted by Gasteiger charge is 2.32. The summed E-state index contributed by atoms with van der Waals surface area (Å²) in [6.07, 6.45) is 1.57. The number of hydrogen-bond donors (Lipinski definition) is 2. The van der Waals surface area contributed by atoms with Gasteiger partial charge in [-0.15, -0.1) is 5.10 Å². The fourth-order valence-electron chi connectivity index (χ4n) is 4.31.